The van der Waals surface area contributed by atoms with Crippen molar-refractivity contribution in [3.8, 4) is 11.8 Å². The minimum atomic E-state index is 0.795. The number of hydrogen-bond donors (Lipinski definition) is 1. The normalized spacial score (nSPS) is 15.4. The average molecular weight is 357 g/mol. The van der Waals surface area contributed by atoms with E-state index < -0.39 is 0 Å². The van der Waals surface area contributed by atoms with Crippen molar-refractivity contribution in [3.05, 3.63) is 76.8 Å². The van der Waals surface area contributed by atoms with Gasteiger partial charge in [0.25, 0.3) is 0 Å². The molecule has 0 saturated heterocycles. The quantitative estimate of drug-likeness (QED) is 0.819. The fourth-order valence-electron chi connectivity index (χ4n) is 3.53. The van der Waals surface area contributed by atoms with Crippen LogP contribution in [0.4, 0.5) is 5.69 Å². The average Bonchev–Trinajstić information content (AvgIpc) is 3.30. The molecule has 0 fully saturated rings. The van der Waals surface area contributed by atoms with E-state index in [1.807, 2.05) is 19.2 Å². The van der Waals surface area contributed by atoms with E-state index in [9.17, 15) is 0 Å². The molecule has 4 nitrogen and oxygen atoms in total. The second kappa shape index (κ2) is 7.20. The summed E-state index contributed by atoms with van der Waals surface area (Å²) >= 11 is 0. The lowest BCUT2D eigenvalue weighted by Gasteiger charge is -2.12. The molecule has 4 heteroatoms. The summed E-state index contributed by atoms with van der Waals surface area (Å²) in [5, 5.41) is 7.56. The maximum absolute atomic E-state index is 5.70. The van der Waals surface area contributed by atoms with Crippen LogP contribution in [0.15, 0.2) is 60.0 Å². The van der Waals surface area contributed by atoms with Crippen LogP contribution in [0.2, 0.25) is 0 Å². The summed E-state index contributed by atoms with van der Waals surface area (Å²) in [4.78, 5) is 0. The highest BCUT2D eigenvalue weighted by molar-refractivity contribution is 5.75. The molecule has 0 spiro atoms. The Balaban J connectivity index is 1.51. The van der Waals surface area contributed by atoms with Gasteiger partial charge >= 0.3 is 0 Å². The topological polar surface area (TPSA) is 39.1 Å². The number of allylic oxidation sites excluding steroid dienone is 3. The molecule has 27 heavy (non-hydrogen) atoms. The van der Waals surface area contributed by atoms with Crippen molar-refractivity contribution in [3.63, 3.8) is 0 Å². The Morgan fingerprint density at radius 1 is 1.26 bits per heavy atom. The van der Waals surface area contributed by atoms with Gasteiger partial charge in [-0.3, -0.25) is 4.68 Å². The molecular formula is C23H23N3O. The van der Waals surface area contributed by atoms with Gasteiger partial charge in [-0.1, -0.05) is 24.5 Å². The molecule has 0 saturated carbocycles. The summed E-state index contributed by atoms with van der Waals surface area (Å²) in [5.41, 5.74) is 7.39. The van der Waals surface area contributed by atoms with Gasteiger partial charge < -0.3 is 10.1 Å². The number of rotatable bonds is 3. The Morgan fingerprint density at radius 2 is 2.15 bits per heavy atom. The van der Waals surface area contributed by atoms with E-state index in [0.717, 1.165) is 65.4 Å². The Bertz CT molecular complexity index is 1030. The van der Waals surface area contributed by atoms with Crippen LogP contribution in [0.1, 0.15) is 36.1 Å². The lowest BCUT2D eigenvalue weighted by atomic mass is 9.95. The van der Waals surface area contributed by atoms with Crippen LogP contribution in [0.25, 0.3) is 5.70 Å². The predicted octanol–water partition coefficient (Wildman–Crippen LogP) is 4.56. The van der Waals surface area contributed by atoms with E-state index >= 15 is 0 Å². The highest BCUT2D eigenvalue weighted by Gasteiger charge is 2.21. The number of hydrogen-bond acceptors (Lipinski definition) is 3. The van der Waals surface area contributed by atoms with Gasteiger partial charge in [-0.2, -0.15) is 5.10 Å². The van der Waals surface area contributed by atoms with Crippen LogP contribution in [0.3, 0.4) is 0 Å². The van der Waals surface area contributed by atoms with Gasteiger partial charge in [0, 0.05) is 48.5 Å². The van der Waals surface area contributed by atoms with Crippen LogP contribution < -0.4 is 5.32 Å². The van der Waals surface area contributed by atoms with Crippen LogP contribution in [-0.4, -0.2) is 16.4 Å². The first-order chi connectivity index (χ1) is 13.1. The predicted molar refractivity (Wildman–Crippen MR) is 109 cm³/mol. The zero-order valence-electron chi connectivity index (χ0n) is 15.8. The summed E-state index contributed by atoms with van der Waals surface area (Å²) in [6.45, 7) is 6.99. The van der Waals surface area contributed by atoms with Gasteiger partial charge in [-0.25, -0.2) is 0 Å². The summed E-state index contributed by atoms with van der Waals surface area (Å²) in [5.74, 6) is 7.81. The Morgan fingerprint density at radius 3 is 2.93 bits per heavy atom. The minimum Gasteiger partial charge on any atom is -0.497 e. The van der Waals surface area contributed by atoms with Gasteiger partial charge in [0.2, 0.25) is 0 Å². The molecule has 0 amide bonds. The molecule has 2 aromatic rings. The van der Waals surface area contributed by atoms with Crippen LogP contribution in [0, 0.1) is 18.8 Å². The molecular weight excluding hydrogens is 334 g/mol. The summed E-state index contributed by atoms with van der Waals surface area (Å²) in [7, 11) is 1.91. The van der Waals surface area contributed by atoms with E-state index in [-0.39, 0.29) is 0 Å². The Hall–Kier alpha value is -3.19. The number of benzene rings is 1. The summed E-state index contributed by atoms with van der Waals surface area (Å²) < 4.78 is 7.50. The SMILES string of the molecule is C=C(Nc1ccc(C#CC2=CCCC3=C2CCO3)cc1C)c1ccnn1C. The molecule has 0 radical (unpaired) electrons. The summed E-state index contributed by atoms with van der Waals surface area (Å²) in [6, 6.07) is 8.15. The van der Waals surface area contributed by atoms with E-state index in [0.29, 0.717) is 0 Å². The number of nitrogens with zero attached hydrogens (tertiary/aromatic N) is 2. The molecule has 1 aromatic heterocycles. The second-order valence-electron chi connectivity index (χ2n) is 6.88. The van der Waals surface area contributed by atoms with Gasteiger partial charge in [-0.15, -0.1) is 0 Å². The van der Waals surface area contributed by atoms with Crippen LogP contribution in [0.5, 0.6) is 0 Å². The molecule has 1 aliphatic heterocycles. The van der Waals surface area contributed by atoms with Gasteiger partial charge in [0.05, 0.1) is 18.0 Å². The van der Waals surface area contributed by atoms with Crippen LogP contribution >= 0.6 is 0 Å². The first kappa shape index (κ1) is 17.2. The molecule has 136 valence electrons. The number of aromatic nitrogens is 2. The first-order valence-corrected chi connectivity index (χ1v) is 9.24. The molecule has 2 aliphatic rings. The van der Waals surface area contributed by atoms with Crippen molar-refractivity contribution in [1.29, 1.82) is 0 Å². The standard InChI is InChI=1S/C23H23N3O/c1-16-15-18(7-9-19-5-4-6-23-20(19)12-14-27-23)8-10-21(16)25-17(2)22-11-13-24-26(22)3/h5,8,10-11,13,15,25H,2,4,6,12,14H2,1,3H3. The van der Waals surface area contributed by atoms with Gasteiger partial charge in [0.15, 0.2) is 0 Å². The highest BCUT2D eigenvalue weighted by atomic mass is 16.5. The zero-order chi connectivity index (χ0) is 18.8. The lowest BCUT2D eigenvalue weighted by Crippen LogP contribution is -2.04. The fourth-order valence-corrected chi connectivity index (χ4v) is 3.53. The third-order valence-electron chi connectivity index (χ3n) is 4.99. The molecule has 0 atom stereocenters. The van der Waals surface area contributed by atoms with Crippen molar-refractivity contribution < 1.29 is 4.74 Å². The lowest BCUT2D eigenvalue weighted by molar-refractivity contribution is 0.234. The monoisotopic (exact) mass is 357 g/mol. The van der Waals surface area contributed by atoms with Crippen molar-refractivity contribution in [2.45, 2.75) is 26.2 Å². The molecule has 0 bridgehead atoms. The van der Waals surface area contributed by atoms with E-state index in [2.05, 4.69) is 54.0 Å². The largest absolute Gasteiger partial charge is 0.497 e. The molecule has 0 unspecified atom stereocenters. The number of nitrogens with one attached hydrogen (secondary N) is 1. The molecule has 2 heterocycles. The van der Waals surface area contributed by atoms with E-state index in [1.165, 1.54) is 5.57 Å². The maximum atomic E-state index is 5.70. The number of anilines is 1. The molecule has 1 aromatic carbocycles. The van der Waals surface area contributed by atoms with Gasteiger partial charge in [-0.05, 0) is 43.2 Å². The molecule has 1 N–H and O–H groups in total. The number of ether oxygens (including phenoxy) is 1. The Kier molecular flexibility index (Phi) is 4.60. The smallest absolute Gasteiger partial charge is 0.101 e. The van der Waals surface area contributed by atoms with Crippen molar-refractivity contribution in [2.24, 2.45) is 7.05 Å². The van der Waals surface area contributed by atoms with E-state index in [4.69, 9.17) is 4.74 Å². The minimum absolute atomic E-state index is 0.795. The van der Waals surface area contributed by atoms with Gasteiger partial charge in [0.1, 0.15) is 5.76 Å². The third-order valence-corrected chi connectivity index (χ3v) is 4.99. The Labute approximate surface area is 160 Å². The van der Waals surface area contributed by atoms with Crippen molar-refractivity contribution >= 4 is 11.4 Å². The fraction of sp³-hybridized carbons (Fsp3) is 0.261. The summed E-state index contributed by atoms with van der Waals surface area (Å²) in [6.07, 6.45) is 7.01. The first-order valence-electron chi connectivity index (χ1n) is 9.24. The van der Waals surface area contributed by atoms with Crippen molar-refractivity contribution in [1.82, 2.24) is 9.78 Å². The van der Waals surface area contributed by atoms with E-state index in [1.54, 1.807) is 10.9 Å². The molecule has 4 rings (SSSR count). The highest BCUT2D eigenvalue weighted by Crippen LogP contribution is 2.33. The maximum Gasteiger partial charge on any atom is 0.101 e. The number of aryl methyl sites for hydroxylation is 2. The zero-order valence-corrected chi connectivity index (χ0v) is 15.8. The van der Waals surface area contributed by atoms with Crippen molar-refractivity contribution in [2.75, 3.05) is 11.9 Å². The van der Waals surface area contributed by atoms with Crippen LogP contribution in [-0.2, 0) is 11.8 Å². The molecule has 1 aliphatic carbocycles. The third kappa shape index (κ3) is 3.54. The second-order valence-corrected chi connectivity index (χ2v) is 6.88.